The molecule has 0 unspecified atom stereocenters. The maximum Gasteiger partial charge on any atom is 0.0967 e. The second-order valence-corrected chi connectivity index (χ2v) is 5.89. The Balaban J connectivity index is 1.62. The lowest BCUT2D eigenvalue weighted by atomic mass is 10.2. The van der Waals surface area contributed by atoms with Crippen LogP contribution in [0.4, 0.5) is 0 Å². The molecule has 2 nitrogen and oxygen atoms in total. The van der Waals surface area contributed by atoms with Crippen LogP contribution in [0.25, 0.3) is 0 Å². The zero-order chi connectivity index (χ0) is 12.6. The standard InChI is InChI=1S/C15H23NOS/c1-2-9-16-10-13-5-7-15(8-6-13)18-12-17-11-14-3-4-14/h5-8,14,16H,2-4,9-12H2,1H3. The highest BCUT2D eigenvalue weighted by atomic mass is 32.2. The van der Waals surface area contributed by atoms with Crippen molar-refractivity contribution in [2.75, 3.05) is 19.1 Å². The zero-order valence-corrected chi connectivity index (χ0v) is 12.0. The van der Waals surface area contributed by atoms with Gasteiger partial charge in [-0.05, 0) is 49.4 Å². The largest absolute Gasteiger partial charge is 0.370 e. The number of rotatable bonds is 9. The molecule has 3 heteroatoms. The van der Waals surface area contributed by atoms with E-state index in [-0.39, 0.29) is 0 Å². The lowest BCUT2D eigenvalue weighted by Crippen LogP contribution is -2.13. The molecule has 0 saturated heterocycles. The molecule has 1 fully saturated rings. The summed E-state index contributed by atoms with van der Waals surface area (Å²) in [5.41, 5.74) is 1.35. The number of nitrogens with one attached hydrogen (secondary N) is 1. The molecule has 2 rings (SSSR count). The van der Waals surface area contributed by atoms with E-state index in [2.05, 4.69) is 36.5 Å². The van der Waals surface area contributed by atoms with Crippen LogP contribution in [0.2, 0.25) is 0 Å². The summed E-state index contributed by atoms with van der Waals surface area (Å²) in [5, 5.41) is 3.41. The first-order chi connectivity index (χ1) is 8.88. The molecular formula is C15H23NOS. The molecule has 0 amide bonds. The van der Waals surface area contributed by atoms with Gasteiger partial charge >= 0.3 is 0 Å². The molecule has 0 aromatic heterocycles. The fourth-order valence-electron chi connectivity index (χ4n) is 1.72. The number of hydrogen-bond donors (Lipinski definition) is 1. The van der Waals surface area contributed by atoms with Crippen LogP contribution in [0.5, 0.6) is 0 Å². The molecule has 0 atom stereocenters. The van der Waals surface area contributed by atoms with Crippen LogP contribution >= 0.6 is 11.8 Å². The molecule has 100 valence electrons. The van der Waals surface area contributed by atoms with E-state index in [1.54, 1.807) is 11.8 Å². The van der Waals surface area contributed by atoms with E-state index >= 15 is 0 Å². The predicted octanol–water partition coefficient (Wildman–Crippen LogP) is 3.66. The fourth-order valence-corrected chi connectivity index (χ4v) is 2.37. The molecule has 18 heavy (non-hydrogen) atoms. The maximum atomic E-state index is 5.62. The molecule has 1 N–H and O–H groups in total. The minimum absolute atomic E-state index is 0.782. The maximum absolute atomic E-state index is 5.62. The van der Waals surface area contributed by atoms with Gasteiger partial charge in [-0.1, -0.05) is 30.8 Å². The number of benzene rings is 1. The van der Waals surface area contributed by atoms with E-state index in [1.165, 1.54) is 29.7 Å². The highest BCUT2D eigenvalue weighted by molar-refractivity contribution is 7.99. The second kappa shape index (κ2) is 7.82. The predicted molar refractivity (Wildman–Crippen MR) is 77.8 cm³/mol. The van der Waals surface area contributed by atoms with Crippen molar-refractivity contribution in [2.24, 2.45) is 5.92 Å². The first kappa shape index (κ1) is 13.9. The summed E-state index contributed by atoms with van der Waals surface area (Å²) in [6.45, 7) is 5.20. The second-order valence-electron chi connectivity index (χ2n) is 4.90. The Morgan fingerprint density at radius 2 is 2.06 bits per heavy atom. The van der Waals surface area contributed by atoms with Crippen LogP contribution in [0.15, 0.2) is 29.2 Å². The highest BCUT2D eigenvalue weighted by Gasteiger charge is 2.20. The smallest absolute Gasteiger partial charge is 0.0967 e. The molecule has 0 aliphatic heterocycles. The number of thioether (sulfide) groups is 1. The Morgan fingerprint density at radius 3 is 2.72 bits per heavy atom. The van der Waals surface area contributed by atoms with Crippen molar-refractivity contribution in [3.05, 3.63) is 29.8 Å². The average Bonchev–Trinajstić information content (AvgIpc) is 3.21. The lowest BCUT2D eigenvalue weighted by Gasteiger charge is -2.06. The Morgan fingerprint density at radius 1 is 1.28 bits per heavy atom. The normalized spacial score (nSPS) is 14.9. The number of hydrogen-bond acceptors (Lipinski definition) is 3. The third kappa shape index (κ3) is 5.42. The highest BCUT2D eigenvalue weighted by Crippen LogP contribution is 2.29. The summed E-state index contributed by atoms with van der Waals surface area (Å²) < 4.78 is 5.62. The van der Waals surface area contributed by atoms with Gasteiger partial charge in [0.25, 0.3) is 0 Å². The van der Waals surface area contributed by atoms with E-state index in [9.17, 15) is 0 Å². The van der Waals surface area contributed by atoms with Gasteiger partial charge in [0.15, 0.2) is 0 Å². The Bertz CT molecular complexity index is 335. The molecule has 0 radical (unpaired) electrons. The summed E-state index contributed by atoms with van der Waals surface area (Å²) in [6, 6.07) is 8.78. The molecule has 1 aliphatic carbocycles. The van der Waals surface area contributed by atoms with E-state index < -0.39 is 0 Å². The first-order valence-electron chi connectivity index (χ1n) is 6.88. The molecular weight excluding hydrogens is 242 g/mol. The van der Waals surface area contributed by atoms with Crippen molar-refractivity contribution in [3.8, 4) is 0 Å². The van der Waals surface area contributed by atoms with Crippen molar-refractivity contribution < 1.29 is 4.74 Å². The van der Waals surface area contributed by atoms with Crippen LogP contribution < -0.4 is 5.32 Å². The summed E-state index contributed by atoms with van der Waals surface area (Å²) in [7, 11) is 0. The van der Waals surface area contributed by atoms with Gasteiger partial charge < -0.3 is 10.1 Å². The first-order valence-corrected chi connectivity index (χ1v) is 7.87. The van der Waals surface area contributed by atoms with Crippen LogP contribution in [-0.2, 0) is 11.3 Å². The summed E-state index contributed by atoms with van der Waals surface area (Å²) in [6.07, 6.45) is 3.92. The minimum Gasteiger partial charge on any atom is -0.370 e. The Labute approximate surface area is 114 Å². The summed E-state index contributed by atoms with van der Waals surface area (Å²) in [4.78, 5) is 1.30. The molecule has 0 bridgehead atoms. The minimum atomic E-state index is 0.782. The molecule has 1 aromatic rings. The third-order valence-corrected chi connectivity index (χ3v) is 3.93. The fraction of sp³-hybridized carbons (Fsp3) is 0.600. The van der Waals surface area contributed by atoms with E-state index in [1.807, 2.05) is 0 Å². The lowest BCUT2D eigenvalue weighted by molar-refractivity contribution is 0.171. The van der Waals surface area contributed by atoms with Crippen molar-refractivity contribution >= 4 is 11.8 Å². The van der Waals surface area contributed by atoms with Crippen LogP contribution in [0.1, 0.15) is 31.7 Å². The summed E-state index contributed by atoms with van der Waals surface area (Å²) in [5.74, 6) is 1.64. The van der Waals surface area contributed by atoms with Gasteiger partial charge in [-0.15, -0.1) is 0 Å². The van der Waals surface area contributed by atoms with Gasteiger partial charge in [-0.3, -0.25) is 0 Å². The van der Waals surface area contributed by atoms with Gasteiger partial charge in [-0.2, -0.15) is 0 Å². The zero-order valence-electron chi connectivity index (χ0n) is 11.2. The molecule has 0 spiro atoms. The van der Waals surface area contributed by atoms with E-state index in [4.69, 9.17) is 4.74 Å². The quantitative estimate of drug-likeness (QED) is 0.418. The van der Waals surface area contributed by atoms with Crippen molar-refractivity contribution in [1.29, 1.82) is 0 Å². The van der Waals surface area contributed by atoms with Gasteiger partial charge in [0, 0.05) is 11.4 Å². The molecule has 1 saturated carbocycles. The Hall–Kier alpha value is -0.510. The van der Waals surface area contributed by atoms with Crippen LogP contribution in [-0.4, -0.2) is 19.1 Å². The monoisotopic (exact) mass is 265 g/mol. The van der Waals surface area contributed by atoms with Crippen molar-refractivity contribution in [3.63, 3.8) is 0 Å². The van der Waals surface area contributed by atoms with Crippen molar-refractivity contribution in [1.82, 2.24) is 5.32 Å². The van der Waals surface area contributed by atoms with Gasteiger partial charge in [0.2, 0.25) is 0 Å². The number of ether oxygens (including phenoxy) is 1. The molecule has 1 aliphatic rings. The van der Waals surface area contributed by atoms with Crippen LogP contribution in [0.3, 0.4) is 0 Å². The van der Waals surface area contributed by atoms with E-state index in [0.29, 0.717) is 0 Å². The van der Waals surface area contributed by atoms with Crippen LogP contribution in [0, 0.1) is 5.92 Å². The third-order valence-electron chi connectivity index (χ3n) is 3.04. The van der Waals surface area contributed by atoms with Crippen molar-refractivity contribution in [2.45, 2.75) is 37.6 Å². The molecule has 0 heterocycles. The molecule has 1 aromatic carbocycles. The van der Waals surface area contributed by atoms with E-state index in [0.717, 1.165) is 31.6 Å². The summed E-state index contributed by atoms with van der Waals surface area (Å²) >= 11 is 1.78. The van der Waals surface area contributed by atoms with Gasteiger partial charge in [0.1, 0.15) is 0 Å². The Kier molecular flexibility index (Phi) is 6.05. The topological polar surface area (TPSA) is 21.3 Å². The van der Waals surface area contributed by atoms with Gasteiger partial charge in [-0.25, -0.2) is 0 Å². The van der Waals surface area contributed by atoms with Gasteiger partial charge in [0.05, 0.1) is 12.5 Å². The SMILES string of the molecule is CCCNCc1ccc(SCOCC2CC2)cc1. The average molecular weight is 265 g/mol.